The molecule has 130 valence electrons. The summed E-state index contributed by atoms with van der Waals surface area (Å²) in [4.78, 5) is 34.3. The third-order valence-electron chi connectivity index (χ3n) is 3.56. The van der Waals surface area contributed by atoms with Crippen LogP contribution in [0, 0.1) is 0 Å². The van der Waals surface area contributed by atoms with Gasteiger partial charge in [-0.3, -0.25) is 0 Å². The number of hydrogen-bond donors (Lipinski definition) is 2. The normalized spacial score (nSPS) is 14.1. The van der Waals surface area contributed by atoms with E-state index >= 15 is 0 Å². The van der Waals surface area contributed by atoms with E-state index in [9.17, 15) is 19.5 Å². The van der Waals surface area contributed by atoms with Gasteiger partial charge in [-0.25, -0.2) is 14.4 Å². The Morgan fingerprint density at radius 3 is 2.42 bits per heavy atom. The van der Waals surface area contributed by atoms with E-state index in [1.54, 1.807) is 0 Å². The minimum atomic E-state index is -1.46. The Morgan fingerprint density at radius 1 is 1.29 bits per heavy atom. The first kappa shape index (κ1) is 19.4. The number of carbonyl (C=O) groups is 3. The first-order valence-electron chi connectivity index (χ1n) is 7.24. The summed E-state index contributed by atoms with van der Waals surface area (Å²) in [7, 11) is 0. The molecule has 0 spiro atoms. The third-order valence-corrected chi connectivity index (χ3v) is 3.56. The zero-order chi connectivity index (χ0) is 18.3. The molecule has 1 aromatic carbocycles. The minimum absolute atomic E-state index is 0.0294. The molecule has 24 heavy (non-hydrogen) atoms. The standard InChI is InChI=1S/C17H20O7/c1-4-14(18)23-10-9-17(3,22)11(2)24-16(21)13-8-6-5-7-12(13)15(19)20/h4-8,11,22H,1,9-10H2,2-3H3,(H,19,20). The zero-order valence-corrected chi connectivity index (χ0v) is 13.5. The van der Waals surface area contributed by atoms with Crippen LogP contribution in [0.15, 0.2) is 36.9 Å². The average molecular weight is 336 g/mol. The van der Waals surface area contributed by atoms with Crippen LogP contribution in [0.5, 0.6) is 0 Å². The molecule has 0 fully saturated rings. The van der Waals surface area contributed by atoms with Crippen LogP contribution in [0.1, 0.15) is 41.0 Å². The highest BCUT2D eigenvalue weighted by Crippen LogP contribution is 2.20. The van der Waals surface area contributed by atoms with Gasteiger partial charge in [0.15, 0.2) is 0 Å². The average Bonchev–Trinajstić information content (AvgIpc) is 2.54. The quantitative estimate of drug-likeness (QED) is 0.550. The topological polar surface area (TPSA) is 110 Å². The molecular formula is C17H20O7. The summed E-state index contributed by atoms with van der Waals surface area (Å²) in [6.45, 7) is 6.07. The lowest BCUT2D eigenvalue weighted by molar-refractivity contribution is -0.140. The molecule has 0 heterocycles. The van der Waals surface area contributed by atoms with Crippen molar-refractivity contribution < 1.29 is 34.1 Å². The molecule has 0 saturated carbocycles. The van der Waals surface area contributed by atoms with Gasteiger partial charge in [-0.2, -0.15) is 0 Å². The molecular weight excluding hydrogens is 316 g/mol. The SMILES string of the molecule is C=CC(=O)OCCC(C)(O)C(C)OC(=O)c1ccccc1C(=O)O. The number of rotatable bonds is 8. The number of aromatic carboxylic acids is 1. The molecule has 1 rings (SSSR count). The van der Waals surface area contributed by atoms with Gasteiger partial charge >= 0.3 is 17.9 Å². The monoisotopic (exact) mass is 336 g/mol. The Labute approximate surface area is 139 Å². The van der Waals surface area contributed by atoms with Crippen molar-refractivity contribution >= 4 is 17.9 Å². The van der Waals surface area contributed by atoms with Gasteiger partial charge in [0.05, 0.1) is 17.7 Å². The number of benzene rings is 1. The first-order valence-corrected chi connectivity index (χ1v) is 7.24. The van der Waals surface area contributed by atoms with Crippen molar-refractivity contribution in [3.8, 4) is 0 Å². The smallest absolute Gasteiger partial charge is 0.339 e. The molecule has 2 unspecified atom stereocenters. The van der Waals surface area contributed by atoms with E-state index in [0.29, 0.717) is 0 Å². The molecule has 0 aliphatic rings. The van der Waals surface area contributed by atoms with Crippen LogP contribution in [0.3, 0.4) is 0 Å². The molecule has 2 atom stereocenters. The fourth-order valence-corrected chi connectivity index (χ4v) is 1.82. The summed E-state index contributed by atoms with van der Waals surface area (Å²) in [6.07, 6.45) is 0.0806. The molecule has 2 N–H and O–H groups in total. The van der Waals surface area contributed by atoms with E-state index in [2.05, 4.69) is 6.58 Å². The fraction of sp³-hybridized carbons (Fsp3) is 0.353. The van der Waals surface area contributed by atoms with Gasteiger partial charge in [-0.05, 0) is 26.0 Å². The second-order valence-electron chi connectivity index (χ2n) is 5.38. The molecule has 0 saturated heterocycles. The summed E-state index contributed by atoms with van der Waals surface area (Å²) >= 11 is 0. The van der Waals surface area contributed by atoms with Crippen molar-refractivity contribution in [3.63, 3.8) is 0 Å². The number of hydrogen-bond acceptors (Lipinski definition) is 6. The lowest BCUT2D eigenvalue weighted by Gasteiger charge is -2.29. The van der Waals surface area contributed by atoms with Gasteiger partial charge in [0, 0.05) is 12.5 Å². The van der Waals surface area contributed by atoms with Crippen LogP contribution in [-0.2, 0) is 14.3 Å². The lowest BCUT2D eigenvalue weighted by Crippen LogP contribution is -2.41. The molecule has 0 amide bonds. The molecule has 0 aliphatic heterocycles. The van der Waals surface area contributed by atoms with Crippen LogP contribution in [0.4, 0.5) is 0 Å². The van der Waals surface area contributed by atoms with E-state index in [-0.39, 0.29) is 24.2 Å². The molecule has 0 bridgehead atoms. The highest BCUT2D eigenvalue weighted by atomic mass is 16.6. The predicted molar refractivity (Wildman–Crippen MR) is 84.7 cm³/mol. The second kappa shape index (κ2) is 8.26. The molecule has 0 aromatic heterocycles. The van der Waals surface area contributed by atoms with E-state index in [4.69, 9.17) is 14.6 Å². The number of esters is 2. The maximum Gasteiger partial charge on any atom is 0.339 e. The number of carbonyl (C=O) groups excluding carboxylic acids is 2. The Hall–Kier alpha value is -2.67. The highest BCUT2D eigenvalue weighted by Gasteiger charge is 2.32. The first-order chi connectivity index (χ1) is 11.2. The fourth-order valence-electron chi connectivity index (χ4n) is 1.82. The Kier molecular flexibility index (Phi) is 6.67. The number of carboxylic acid groups (broad SMARTS) is 1. The van der Waals surface area contributed by atoms with Crippen molar-refractivity contribution in [1.82, 2.24) is 0 Å². The van der Waals surface area contributed by atoms with Crippen LogP contribution in [-0.4, -0.2) is 46.4 Å². The maximum absolute atomic E-state index is 12.2. The minimum Gasteiger partial charge on any atom is -0.478 e. The number of ether oxygens (including phenoxy) is 2. The second-order valence-corrected chi connectivity index (χ2v) is 5.38. The van der Waals surface area contributed by atoms with Crippen molar-refractivity contribution in [2.24, 2.45) is 0 Å². The van der Waals surface area contributed by atoms with Crippen molar-refractivity contribution in [2.45, 2.75) is 32.0 Å². The van der Waals surface area contributed by atoms with Crippen LogP contribution in [0.2, 0.25) is 0 Å². The Balaban J connectivity index is 2.73. The lowest BCUT2D eigenvalue weighted by atomic mass is 9.96. The van der Waals surface area contributed by atoms with Crippen molar-refractivity contribution in [3.05, 3.63) is 48.0 Å². The highest BCUT2D eigenvalue weighted by molar-refractivity contribution is 6.02. The maximum atomic E-state index is 12.2. The van der Waals surface area contributed by atoms with E-state index < -0.39 is 29.6 Å². The third kappa shape index (κ3) is 5.20. The Bertz CT molecular complexity index is 634. The number of aliphatic hydroxyl groups is 1. The molecule has 1 aromatic rings. The van der Waals surface area contributed by atoms with Crippen LogP contribution < -0.4 is 0 Å². The largest absolute Gasteiger partial charge is 0.478 e. The predicted octanol–water partition coefficient (Wildman–Crippen LogP) is 1.80. The molecule has 0 radical (unpaired) electrons. The molecule has 7 heteroatoms. The molecule has 0 aliphatic carbocycles. The summed E-state index contributed by atoms with van der Waals surface area (Å²) in [5.41, 5.74) is -1.75. The summed E-state index contributed by atoms with van der Waals surface area (Å²) < 4.78 is 9.95. The van der Waals surface area contributed by atoms with Gasteiger partial charge < -0.3 is 19.7 Å². The van der Waals surface area contributed by atoms with Gasteiger partial charge in [0.25, 0.3) is 0 Å². The Morgan fingerprint density at radius 2 is 1.88 bits per heavy atom. The molecule has 7 nitrogen and oxygen atoms in total. The summed E-state index contributed by atoms with van der Waals surface area (Å²) in [5, 5.41) is 19.4. The number of carboxylic acids is 1. The van der Waals surface area contributed by atoms with E-state index in [0.717, 1.165) is 6.08 Å². The van der Waals surface area contributed by atoms with Crippen molar-refractivity contribution in [2.75, 3.05) is 6.61 Å². The van der Waals surface area contributed by atoms with E-state index in [1.165, 1.54) is 38.1 Å². The summed E-state index contributed by atoms with van der Waals surface area (Å²) in [5.74, 6) is -2.73. The van der Waals surface area contributed by atoms with Crippen LogP contribution >= 0.6 is 0 Å². The van der Waals surface area contributed by atoms with E-state index in [1.807, 2.05) is 0 Å². The van der Waals surface area contributed by atoms with Crippen molar-refractivity contribution in [1.29, 1.82) is 0 Å². The van der Waals surface area contributed by atoms with Gasteiger partial charge in [-0.1, -0.05) is 18.7 Å². The van der Waals surface area contributed by atoms with Gasteiger partial charge in [0.2, 0.25) is 0 Å². The van der Waals surface area contributed by atoms with Crippen LogP contribution in [0.25, 0.3) is 0 Å². The van der Waals surface area contributed by atoms with Gasteiger partial charge in [-0.15, -0.1) is 0 Å². The summed E-state index contributed by atoms with van der Waals surface area (Å²) in [6, 6.07) is 5.63. The van der Waals surface area contributed by atoms with Gasteiger partial charge in [0.1, 0.15) is 11.7 Å². The zero-order valence-electron chi connectivity index (χ0n) is 13.5.